The highest BCUT2D eigenvalue weighted by atomic mass is 16.5. The summed E-state index contributed by atoms with van der Waals surface area (Å²) in [7, 11) is 0. The Morgan fingerprint density at radius 1 is 0.857 bits per heavy atom. The molecule has 4 nitrogen and oxygen atoms in total. The van der Waals surface area contributed by atoms with Crippen LogP contribution in [0.25, 0.3) is 11.1 Å². The van der Waals surface area contributed by atoms with Gasteiger partial charge in [-0.05, 0) is 28.8 Å². The molecule has 0 N–H and O–H groups in total. The minimum atomic E-state index is -0.133. The summed E-state index contributed by atoms with van der Waals surface area (Å²) >= 11 is 0. The van der Waals surface area contributed by atoms with Crippen molar-refractivity contribution in [2.45, 2.75) is 13.0 Å². The summed E-state index contributed by atoms with van der Waals surface area (Å²) in [5.41, 5.74) is 3.26. The lowest BCUT2D eigenvalue weighted by molar-refractivity contribution is -0.133. The van der Waals surface area contributed by atoms with Crippen molar-refractivity contribution in [3.63, 3.8) is 0 Å². The molecule has 0 aliphatic carbocycles. The molecule has 1 amide bonds. The molecule has 3 rings (SSSR count). The first-order valence-corrected chi connectivity index (χ1v) is 9.23. The highest BCUT2D eigenvalue weighted by Gasteiger charge is 2.14. The Morgan fingerprint density at radius 3 is 2.11 bits per heavy atom. The van der Waals surface area contributed by atoms with Crippen LogP contribution in [0.1, 0.15) is 12.0 Å². The van der Waals surface area contributed by atoms with Crippen molar-refractivity contribution >= 4 is 5.91 Å². The molecule has 3 aromatic rings. The Labute approximate surface area is 165 Å². The topological polar surface area (TPSA) is 53.3 Å². The van der Waals surface area contributed by atoms with Gasteiger partial charge in [0.25, 0.3) is 5.91 Å². The maximum atomic E-state index is 12.6. The summed E-state index contributed by atoms with van der Waals surface area (Å²) in [6.07, 6.45) is 0.296. The van der Waals surface area contributed by atoms with Crippen LogP contribution in [0.3, 0.4) is 0 Å². The van der Waals surface area contributed by atoms with Crippen molar-refractivity contribution in [2.24, 2.45) is 0 Å². The summed E-state index contributed by atoms with van der Waals surface area (Å²) in [6, 6.07) is 29.6. The Hall–Kier alpha value is -3.58. The molecule has 0 spiro atoms. The van der Waals surface area contributed by atoms with Gasteiger partial charge in [0.1, 0.15) is 5.75 Å². The molecule has 0 bridgehead atoms. The fourth-order valence-electron chi connectivity index (χ4n) is 2.89. The fourth-order valence-corrected chi connectivity index (χ4v) is 2.89. The molecule has 3 aromatic carbocycles. The van der Waals surface area contributed by atoms with Gasteiger partial charge in [0.05, 0.1) is 12.5 Å². The molecule has 0 aromatic heterocycles. The van der Waals surface area contributed by atoms with Gasteiger partial charge < -0.3 is 9.64 Å². The Morgan fingerprint density at radius 2 is 1.46 bits per heavy atom. The fraction of sp³-hybridized carbons (Fsp3) is 0.167. The number of hydrogen-bond acceptors (Lipinski definition) is 3. The molecule has 0 saturated carbocycles. The third-order valence-electron chi connectivity index (χ3n) is 4.39. The predicted molar refractivity (Wildman–Crippen MR) is 109 cm³/mol. The van der Waals surface area contributed by atoms with E-state index in [0.29, 0.717) is 25.3 Å². The second-order valence-electron chi connectivity index (χ2n) is 6.39. The van der Waals surface area contributed by atoms with Crippen molar-refractivity contribution < 1.29 is 9.53 Å². The van der Waals surface area contributed by atoms with E-state index in [2.05, 4.69) is 18.2 Å². The minimum absolute atomic E-state index is 0.0526. The molecule has 0 radical (unpaired) electrons. The van der Waals surface area contributed by atoms with Gasteiger partial charge >= 0.3 is 0 Å². The largest absolute Gasteiger partial charge is 0.484 e. The van der Waals surface area contributed by atoms with E-state index < -0.39 is 0 Å². The minimum Gasteiger partial charge on any atom is -0.484 e. The van der Waals surface area contributed by atoms with Crippen LogP contribution in [0.15, 0.2) is 84.9 Å². The van der Waals surface area contributed by atoms with Gasteiger partial charge in [0.15, 0.2) is 6.61 Å². The predicted octanol–water partition coefficient (Wildman–Crippen LogP) is 4.67. The summed E-state index contributed by atoms with van der Waals surface area (Å²) in [6.45, 7) is 0.807. The smallest absolute Gasteiger partial charge is 0.260 e. The lowest BCUT2D eigenvalue weighted by atomic mass is 10.1. The number of carbonyl (C=O) groups excluding carboxylic acids is 1. The van der Waals surface area contributed by atoms with Crippen LogP contribution in [0.5, 0.6) is 5.75 Å². The van der Waals surface area contributed by atoms with Crippen LogP contribution in [-0.4, -0.2) is 24.0 Å². The van der Waals surface area contributed by atoms with Crippen LogP contribution in [-0.2, 0) is 11.3 Å². The van der Waals surface area contributed by atoms with Crippen LogP contribution in [0.2, 0.25) is 0 Å². The van der Waals surface area contributed by atoms with Crippen molar-refractivity contribution in [1.82, 2.24) is 4.90 Å². The van der Waals surface area contributed by atoms with Gasteiger partial charge in [-0.3, -0.25) is 4.79 Å². The molecule has 0 saturated heterocycles. The molecular weight excluding hydrogens is 348 g/mol. The number of nitriles is 1. The van der Waals surface area contributed by atoms with E-state index in [1.807, 2.05) is 72.8 Å². The molecule has 0 fully saturated rings. The maximum Gasteiger partial charge on any atom is 0.260 e. The molecule has 0 aliphatic rings. The van der Waals surface area contributed by atoms with Crippen LogP contribution in [0.4, 0.5) is 0 Å². The van der Waals surface area contributed by atoms with Gasteiger partial charge in [-0.2, -0.15) is 5.26 Å². The quantitative estimate of drug-likeness (QED) is 0.579. The highest BCUT2D eigenvalue weighted by Crippen LogP contribution is 2.22. The summed E-state index contributed by atoms with van der Waals surface area (Å²) < 4.78 is 5.68. The zero-order valence-corrected chi connectivity index (χ0v) is 15.6. The molecule has 4 heteroatoms. The number of nitrogens with zero attached hydrogens (tertiary/aromatic N) is 2. The van der Waals surface area contributed by atoms with Crippen molar-refractivity contribution in [1.29, 1.82) is 5.26 Å². The van der Waals surface area contributed by atoms with E-state index >= 15 is 0 Å². The zero-order chi connectivity index (χ0) is 19.6. The number of benzene rings is 3. The Balaban J connectivity index is 1.59. The third kappa shape index (κ3) is 5.46. The van der Waals surface area contributed by atoms with Crippen molar-refractivity contribution in [3.8, 4) is 22.9 Å². The number of rotatable bonds is 8. The first-order chi connectivity index (χ1) is 13.8. The molecule has 0 atom stereocenters. The number of amides is 1. The van der Waals surface area contributed by atoms with Gasteiger partial charge in [0.2, 0.25) is 0 Å². The van der Waals surface area contributed by atoms with E-state index in [9.17, 15) is 4.79 Å². The molecule has 0 heterocycles. The zero-order valence-electron chi connectivity index (χ0n) is 15.6. The van der Waals surface area contributed by atoms with Gasteiger partial charge in [-0.25, -0.2) is 0 Å². The second kappa shape index (κ2) is 9.94. The number of hydrogen-bond donors (Lipinski definition) is 0. The molecular formula is C24H22N2O2. The summed E-state index contributed by atoms with van der Waals surface area (Å²) in [5.74, 6) is 0.513. The van der Waals surface area contributed by atoms with Gasteiger partial charge in [-0.1, -0.05) is 72.8 Å². The maximum absolute atomic E-state index is 12.6. The van der Waals surface area contributed by atoms with Crippen molar-refractivity contribution in [3.05, 3.63) is 90.5 Å². The Kier molecular flexibility index (Phi) is 6.81. The molecule has 0 unspecified atom stereocenters. The SMILES string of the molecule is N#CCCN(Cc1ccccc1)C(=O)COc1ccc(-c2ccccc2)cc1. The monoisotopic (exact) mass is 370 g/mol. The third-order valence-corrected chi connectivity index (χ3v) is 4.39. The first-order valence-electron chi connectivity index (χ1n) is 9.23. The average molecular weight is 370 g/mol. The highest BCUT2D eigenvalue weighted by molar-refractivity contribution is 5.77. The van der Waals surface area contributed by atoms with Crippen LogP contribution < -0.4 is 4.74 Å². The lowest BCUT2D eigenvalue weighted by Gasteiger charge is -2.22. The first kappa shape index (κ1) is 19.2. The molecule has 0 aliphatic heterocycles. The van der Waals surface area contributed by atoms with E-state index in [-0.39, 0.29) is 12.5 Å². The van der Waals surface area contributed by atoms with Crippen LogP contribution >= 0.6 is 0 Å². The normalized spacial score (nSPS) is 10.1. The van der Waals surface area contributed by atoms with Gasteiger partial charge in [-0.15, -0.1) is 0 Å². The summed E-state index contributed by atoms with van der Waals surface area (Å²) in [5, 5.41) is 8.87. The van der Waals surface area contributed by atoms with E-state index in [1.165, 1.54) is 0 Å². The average Bonchev–Trinajstić information content (AvgIpc) is 2.76. The standard InChI is InChI=1S/C24H22N2O2/c25-16-7-17-26(18-20-8-3-1-4-9-20)24(27)19-28-23-14-12-22(13-15-23)21-10-5-2-6-11-21/h1-6,8-15H,7,17-19H2. The van der Waals surface area contributed by atoms with Crippen molar-refractivity contribution in [2.75, 3.05) is 13.2 Å². The number of ether oxygens (including phenoxy) is 1. The van der Waals surface area contributed by atoms with E-state index in [0.717, 1.165) is 16.7 Å². The lowest BCUT2D eigenvalue weighted by Crippen LogP contribution is -2.35. The van der Waals surface area contributed by atoms with E-state index in [4.69, 9.17) is 10.00 Å². The number of carbonyl (C=O) groups is 1. The van der Waals surface area contributed by atoms with E-state index in [1.54, 1.807) is 4.90 Å². The van der Waals surface area contributed by atoms with Gasteiger partial charge in [0, 0.05) is 13.1 Å². The van der Waals surface area contributed by atoms with Crippen LogP contribution in [0, 0.1) is 11.3 Å². The molecule has 140 valence electrons. The molecule has 28 heavy (non-hydrogen) atoms. The summed E-state index contributed by atoms with van der Waals surface area (Å²) in [4.78, 5) is 14.3. The Bertz CT molecular complexity index is 916. The second-order valence-corrected chi connectivity index (χ2v) is 6.39.